The van der Waals surface area contributed by atoms with E-state index in [0.29, 0.717) is 18.5 Å². The van der Waals surface area contributed by atoms with Gasteiger partial charge in [0.25, 0.3) is 0 Å². The molecule has 0 saturated heterocycles. The van der Waals surface area contributed by atoms with Crippen LogP contribution < -0.4 is 16.8 Å². The lowest BCUT2D eigenvalue weighted by atomic mass is 9.88. The van der Waals surface area contributed by atoms with Crippen LogP contribution in [0.5, 0.6) is 0 Å². The highest BCUT2D eigenvalue weighted by molar-refractivity contribution is 5.92. The van der Waals surface area contributed by atoms with E-state index in [1.54, 1.807) is 0 Å². The fourth-order valence-corrected chi connectivity index (χ4v) is 4.41. The zero-order valence-electron chi connectivity index (χ0n) is 20.1. The number of amides is 2. The molecule has 0 spiro atoms. The maximum Gasteiger partial charge on any atom is 0.240 e. The molecular weight excluding hydrogens is 454 g/mol. The number of carbonyl (C=O) groups is 2. The first-order valence-electron chi connectivity index (χ1n) is 11.9. The number of aliphatic hydroxyl groups is 1. The van der Waals surface area contributed by atoms with E-state index in [2.05, 4.69) is 5.32 Å². The van der Waals surface area contributed by atoms with E-state index in [9.17, 15) is 14.7 Å². The maximum absolute atomic E-state index is 14.4. The summed E-state index contributed by atoms with van der Waals surface area (Å²) in [6, 6.07) is 26.1. The van der Waals surface area contributed by atoms with Crippen LogP contribution in [0.4, 0.5) is 0 Å². The number of aliphatic hydroxyl groups excluding tert-OH is 1. The van der Waals surface area contributed by atoms with Crippen molar-refractivity contribution in [2.45, 2.75) is 30.8 Å². The van der Waals surface area contributed by atoms with Crippen molar-refractivity contribution >= 4 is 17.8 Å². The van der Waals surface area contributed by atoms with Crippen LogP contribution in [0.15, 0.2) is 91.0 Å². The molecular formula is C28H33N5O3. The van der Waals surface area contributed by atoms with Crippen molar-refractivity contribution in [1.29, 1.82) is 5.41 Å². The molecule has 0 aliphatic heterocycles. The summed E-state index contributed by atoms with van der Waals surface area (Å²) in [4.78, 5) is 28.7. The Morgan fingerprint density at radius 3 is 1.72 bits per heavy atom. The molecule has 0 unspecified atom stereocenters. The van der Waals surface area contributed by atoms with Gasteiger partial charge in [0.05, 0.1) is 18.6 Å². The van der Waals surface area contributed by atoms with Crippen LogP contribution in [0.2, 0.25) is 0 Å². The first-order chi connectivity index (χ1) is 17.4. The summed E-state index contributed by atoms with van der Waals surface area (Å²) in [6.45, 7) is -0.0431. The summed E-state index contributed by atoms with van der Waals surface area (Å²) in [5.41, 5.74) is 13.5. The topological polar surface area (TPSA) is 146 Å². The molecule has 0 fully saturated rings. The third kappa shape index (κ3) is 6.70. The minimum absolute atomic E-state index is 0.177. The molecule has 8 heteroatoms. The zero-order valence-corrected chi connectivity index (χ0v) is 20.1. The van der Waals surface area contributed by atoms with Gasteiger partial charge >= 0.3 is 0 Å². The van der Waals surface area contributed by atoms with E-state index in [-0.39, 0.29) is 24.9 Å². The second-order valence-corrected chi connectivity index (χ2v) is 8.51. The average molecular weight is 488 g/mol. The number of nitrogens with two attached hydrogens (primary N) is 2. The fraction of sp³-hybridized carbons (Fsp3) is 0.250. The van der Waals surface area contributed by atoms with Crippen LogP contribution in [0, 0.1) is 5.41 Å². The Balaban J connectivity index is 2.09. The van der Waals surface area contributed by atoms with Crippen LogP contribution in [-0.2, 0) is 9.59 Å². The van der Waals surface area contributed by atoms with Gasteiger partial charge in [-0.15, -0.1) is 0 Å². The van der Waals surface area contributed by atoms with E-state index >= 15 is 0 Å². The van der Waals surface area contributed by atoms with Gasteiger partial charge in [-0.1, -0.05) is 91.0 Å². The molecule has 0 aliphatic carbocycles. The largest absolute Gasteiger partial charge is 0.394 e. The number of rotatable bonds is 12. The second-order valence-electron chi connectivity index (χ2n) is 8.51. The minimum Gasteiger partial charge on any atom is -0.394 e. The number of nitrogens with one attached hydrogen (secondary N) is 2. The number of nitrogens with zero attached hydrogens (tertiary/aromatic N) is 1. The summed E-state index contributed by atoms with van der Waals surface area (Å²) in [7, 11) is 0. The lowest BCUT2D eigenvalue weighted by Crippen LogP contribution is -2.52. The summed E-state index contributed by atoms with van der Waals surface area (Å²) in [6.07, 6.45) is 0.673. The third-order valence-corrected chi connectivity index (χ3v) is 6.09. The number of carbonyl (C=O) groups excluding carboxylic acids is 2. The monoisotopic (exact) mass is 487 g/mol. The van der Waals surface area contributed by atoms with Crippen molar-refractivity contribution in [2.24, 2.45) is 11.5 Å². The molecule has 7 N–H and O–H groups in total. The van der Waals surface area contributed by atoms with Gasteiger partial charge < -0.3 is 26.8 Å². The number of benzene rings is 3. The predicted octanol–water partition coefficient (Wildman–Crippen LogP) is 2.50. The van der Waals surface area contributed by atoms with Crippen LogP contribution in [0.25, 0.3) is 0 Å². The van der Waals surface area contributed by atoms with Gasteiger partial charge in [-0.05, 0) is 29.5 Å². The molecule has 3 aromatic rings. The van der Waals surface area contributed by atoms with Gasteiger partial charge in [0.15, 0.2) is 5.96 Å². The highest BCUT2D eigenvalue weighted by Crippen LogP contribution is 2.33. The van der Waals surface area contributed by atoms with Crippen molar-refractivity contribution in [1.82, 2.24) is 10.2 Å². The van der Waals surface area contributed by atoms with E-state index in [1.807, 2.05) is 91.0 Å². The van der Waals surface area contributed by atoms with Crippen molar-refractivity contribution in [2.75, 3.05) is 13.2 Å². The summed E-state index contributed by atoms with van der Waals surface area (Å²) in [5, 5.41) is 20.6. The van der Waals surface area contributed by atoms with Gasteiger partial charge in [0, 0.05) is 6.54 Å². The van der Waals surface area contributed by atoms with Gasteiger partial charge in [-0.3, -0.25) is 15.0 Å². The SMILES string of the molecule is N=C(N)NCCC[C@H](C(N)=O)N(C(=O)C(c1ccccc1)c1ccccc1)[C@@H](CO)c1ccccc1. The van der Waals surface area contributed by atoms with Crippen molar-refractivity contribution in [3.63, 3.8) is 0 Å². The quantitative estimate of drug-likeness (QED) is 0.151. The minimum atomic E-state index is -0.987. The molecule has 2 atom stereocenters. The zero-order chi connectivity index (χ0) is 25.9. The second kappa shape index (κ2) is 13.1. The molecule has 3 aromatic carbocycles. The molecule has 2 amide bonds. The maximum atomic E-state index is 14.4. The Morgan fingerprint density at radius 2 is 1.31 bits per heavy atom. The van der Waals surface area contributed by atoms with Crippen LogP contribution >= 0.6 is 0 Å². The van der Waals surface area contributed by atoms with E-state index < -0.39 is 23.9 Å². The van der Waals surface area contributed by atoms with E-state index in [0.717, 1.165) is 11.1 Å². The first kappa shape index (κ1) is 26.4. The molecule has 0 aromatic heterocycles. The van der Waals surface area contributed by atoms with Crippen molar-refractivity contribution in [3.05, 3.63) is 108 Å². The summed E-state index contributed by atoms with van der Waals surface area (Å²) < 4.78 is 0. The number of guanidine groups is 1. The Hall–Kier alpha value is -4.17. The molecule has 188 valence electrons. The lowest BCUT2D eigenvalue weighted by molar-refractivity contribution is -0.144. The Morgan fingerprint density at radius 1 is 0.833 bits per heavy atom. The van der Waals surface area contributed by atoms with Crippen molar-refractivity contribution in [3.8, 4) is 0 Å². The predicted molar refractivity (Wildman–Crippen MR) is 140 cm³/mol. The van der Waals surface area contributed by atoms with Crippen LogP contribution in [0.3, 0.4) is 0 Å². The van der Waals surface area contributed by atoms with Gasteiger partial charge in [-0.25, -0.2) is 0 Å². The van der Waals surface area contributed by atoms with Gasteiger partial charge in [0.1, 0.15) is 6.04 Å². The molecule has 3 rings (SSSR count). The fourth-order valence-electron chi connectivity index (χ4n) is 4.41. The van der Waals surface area contributed by atoms with Crippen LogP contribution in [-0.4, -0.2) is 47.0 Å². The highest BCUT2D eigenvalue weighted by atomic mass is 16.3. The molecule has 36 heavy (non-hydrogen) atoms. The molecule has 0 saturated carbocycles. The standard InChI is InChI=1S/C28H33N5O3/c29-26(35)23(17-10-18-32-28(30)31)33(24(19-34)20-11-4-1-5-12-20)27(36)25(21-13-6-2-7-14-21)22-15-8-3-9-16-22/h1-9,11-16,23-25,34H,10,17-19H2,(H2,29,35)(H4,30,31,32)/t23-,24+/m1/s1. The normalized spacial score (nSPS) is 12.5. The molecule has 0 heterocycles. The van der Waals surface area contributed by atoms with Gasteiger partial charge in [-0.2, -0.15) is 0 Å². The number of hydrogen-bond acceptors (Lipinski definition) is 4. The van der Waals surface area contributed by atoms with Crippen molar-refractivity contribution < 1.29 is 14.7 Å². The Kier molecular flexibility index (Phi) is 9.59. The average Bonchev–Trinajstić information content (AvgIpc) is 2.89. The van der Waals surface area contributed by atoms with Gasteiger partial charge in [0.2, 0.25) is 11.8 Å². The first-order valence-corrected chi connectivity index (χ1v) is 11.9. The molecule has 8 nitrogen and oxygen atoms in total. The highest BCUT2D eigenvalue weighted by Gasteiger charge is 2.38. The third-order valence-electron chi connectivity index (χ3n) is 6.09. The molecule has 0 radical (unpaired) electrons. The van der Waals surface area contributed by atoms with E-state index in [4.69, 9.17) is 16.9 Å². The molecule has 0 bridgehead atoms. The Labute approximate surface area is 211 Å². The van der Waals surface area contributed by atoms with E-state index in [1.165, 1.54) is 4.90 Å². The smallest absolute Gasteiger partial charge is 0.240 e. The van der Waals surface area contributed by atoms with Crippen LogP contribution in [0.1, 0.15) is 41.5 Å². The molecule has 0 aliphatic rings. The number of hydrogen-bond donors (Lipinski definition) is 5. The lowest BCUT2D eigenvalue weighted by Gasteiger charge is -2.39. The number of primary amides is 1. The summed E-state index contributed by atoms with van der Waals surface area (Å²) >= 11 is 0. The Bertz CT molecular complexity index is 1090. The summed E-state index contributed by atoms with van der Waals surface area (Å²) in [5.74, 6) is -1.88.